The molecular formula is C13H13ClF2N2. The molecule has 0 amide bonds. The Labute approximate surface area is 109 Å². The van der Waals surface area contributed by atoms with E-state index in [2.05, 4.69) is 11.9 Å². The largest absolute Gasteiger partial charge is 0.326 e. The van der Waals surface area contributed by atoms with Crippen molar-refractivity contribution in [2.75, 3.05) is 0 Å². The van der Waals surface area contributed by atoms with Crippen molar-refractivity contribution in [3.05, 3.63) is 29.6 Å². The van der Waals surface area contributed by atoms with Gasteiger partial charge in [0, 0.05) is 12.6 Å². The third kappa shape index (κ3) is 1.88. The molecule has 1 aliphatic rings. The molecular weight excluding hydrogens is 258 g/mol. The van der Waals surface area contributed by atoms with Crippen LogP contribution < -0.4 is 0 Å². The summed E-state index contributed by atoms with van der Waals surface area (Å²) in [6.07, 6.45) is 2.26. The number of alkyl halides is 1. The minimum atomic E-state index is -0.629. The number of nitrogens with zero attached hydrogens (tertiary/aromatic N) is 2. The average molecular weight is 271 g/mol. The van der Waals surface area contributed by atoms with E-state index in [0.29, 0.717) is 17.9 Å². The number of imidazole rings is 1. The quantitative estimate of drug-likeness (QED) is 0.775. The molecule has 0 aliphatic heterocycles. The molecule has 18 heavy (non-hydrogen) atoms. The third-order valence-corrected chi connectivity index (χ3v) is 3.85. The highest BCUT2D eigenvalue weighted by molar-refractivity contribution is 6.16. The highest BCUT2D eigenvalue weighted by Gasteiger charge is 2.38. The summed E-state index contributed by atoms with van der Waals surface area (Å²) in [4.78, 5) is 4.17. The molecule has 2 nitrogen and oxygen atoms in total. The summed E-state index contributed by atoms with van der Waals surface area (Å²) in [5, 5.41) is 0. The highest BCUT2D eigenvalue weighted by atomic mass is 35.5. The molecule has 1 fully saturated rings. The van der Waals surface area contributed by atoms with Gasteiger partial charge < -0.3 is 4.57 Å². The average Bonchev–Trinajstić information content (AvgIpc) is 2.93. The van der Waals surface area contributed by atoms with Crippen molar-refractivity contribution < 1.29 is 8.78 Å². The normalized spacial score (nSPS) is 17.3. The van der Waals surface area contributed by atoms with Crippen molar-refractivity contribution in [3.63, 3.8) is 0 Å². The van der Waals surface area contributed by atoms with Gasteiger partial charge in [-0.3, -0.25) is 0 Å². The molecule has 0 atom stereocenters. The number of fused-ring (bicyclic) bond motifs is 1. The van der Waals surface area contributed by atoms with E-state index in [1.165, 1.54) is 6.07 Å². The first kappa shape index (κ1) is 11.9. The molecule has 0 saturated heterocycles. The molecule has 0 unspecified atom stereocenters. The van der Waals surface area contributed by atoms with Gasteiger partial charge in [-0.1, -0.05) is 6.92 Å². The predicted octanol–water partition coefficient (Wildman–Crippen LogP) is 3.85. The van der Waals surface area contributed by atoms with Gasteiger partial charge in [0.1, 0.15) is 17.2 Å². The lowest BCUT2D eigenvalue weighted by Crippen LogP contribution is -2.10. The first-order valence-corrected chi connectivity index (χ1v) is 6.46. The van der Waals surface area contributed by atoms with Crippen LogP contribution in [0.3, 0.4) is 0 Å². The minimum absolute atomic E-state index is 0.200. The van der Waals surface area contributed by atoms with Crippen molar-refractivity contribution >= 4 is 22.6 Å². The number of aromatic nitrogens is 2. The van der Waals surface area contributed by atoms with Gasteiger partial charge >= 0.3 is 0 Å². The fourth-order valence-electron chi connectivity index (χ4n) is 2.23. The van der Waals surface area contributed by atoms with Gasteiger partial charge in [-0.05, 0) is 24.3 Å². The van der Waals surface area contributed by atoms with E-state index in [-0.39, 0.29) is 16.8 Å². The lowest BCUT2D eigenvalue weighted by atomic mass is 10.1. The second-order valence-corrected chi connectivity index (χ2v) is 5.58. The van der Waals surface area contributed by atoms with Gasteiger partial charge in [-0.15, -0.1) is 11.6 Å². The van der Waals surface area contributed by atoms with Crippen LogP contribution in [0.1, 0.15) is 25.6 Å². The van der Waals surface area contributed by atoms with E-state index < -0.39 is 11.6 Å². The van der Waals surface area contributed by atoms with Crippen molar-refractivity contribution in [3.8, 4) is 0 Å². The van der Waals surface area contributed by atoms with Crippen LogP contribution in [0.5, 0.6) is 0 Å². The Morgan fingerprint density at radius 2 is 2.11 bits per heavy atom. The lowest BCUT2D eigenvalue weighted by molar-refractivity contribution is 0.464. The van der Waals surface area contributed by atoms with E-state index >= 15 is 0 Å². The molecule has 1 aromatic carbocycles. The van der Waals surface area contributed by atoms with Crippen molar-refractivity contribution in [1.82, 2.24) is 9.55 Å². The van der Waals surface area contributed by atoms with Crippen LogP contribution in [0.4, 0.5) is 8.78 Å². The lowest BCUT2D eigenvalue weighted by Gasteiger charge is -2.12. The summed E-state index contributed by atoms with van der Waals surface area (Å²) in [6.45, 7) is 2.88. The molecule has 5 heteroatoms. The maximum absolute atomic E-state index is 13.7. The Hall–Kier alpha value is -1.16. The molecule has 1 aromatic heterocycles. The highest BCUT2D eigenvalue weighted by Crippen LogP contribution is 2.47. The molecule has 1 aliphatic carbocycles. The van der Waals surface area contributed by atoms with Crippen LogP contribution in [0.2, 0.25) is 0 Å². The topological polar surface area (TPSA) is 17.8 Å². The first-order chi connectivity index (χ1) is 8.52. The van der Waals surface area contributed by atoms with Crippen LogP contribution in [0.25, 0.3) is 11.0 Å². The molecule has 96 valence electrons. The van der Waals surface area contributed by atoms with Gasteiger partial charge in [0.05, 0.1) is 11.4 Å². The van der Waals surface area contributed by atoms with Crippen LogP contribution in [0, 0.1) is 17.0 Å². The van der Waals surface area contributed by atoms with E-state index in [0.717, 1.165) is 18.9 Å². The molecule has 1 heterocycles. The zero-order valence-corrected chi connectivity index (χ0v) is 10.8. The van der Waals surface area contributed by atoms with Crippen LogP contribution in [0.15, 0.2) is 12.1 Å². The van der Waals surface area contributed by atoms with Crippen molar-refractivity contribution in [2.24, 2.45) is 5.41 Å². The second-order valence-electron chi connectivity index (χ2n) is 5.31. The number of hydrogen-bond acceptors (Lipinski definition) is 1. The van der Waals surface area contributed by atoms with Crippen LogP contribution in [-0.2, 0) is 12.4 Å². The Kier molecular flexibility index (Phi) is 2.59. The van der Waals surface area contributed by atoms with Gasteiger partial charge in [0.15, 0.2) is 5.82 Å². The van der Waals surface area contributed by atoms with Gasteiger partial charge in [-0.25, -0.2) is 13.8 Å². The molecule has 0 radical (unpaired) electrons. The summed E-state index contributed by atoms with van der Waals surface area (Å²) in [6, 6.07) is 2.18. The van der Waals surface area contributed by atoms with Crippen molar-refractivity contribution in [2.45, 2.75) is 32.2 Å². The fourth-order valence-corrected chi connectivity index (χ4v) is 2.43. The Morgan fingerprint density at radius 1 is 1.39 bits per heavy atom. The summed E-state index contributed by atoms with van der Waals surface area (Å²) >= 11 is 5.85. The third-order valence-electron chi connectivity index (χ3n) is 3.61. The van der Waals surface area contributed by atoms with Gasteiger partial charge in [0.2, 0.25) is 0 Å². The van der Waals surface area contributed by atoms with Gasteiger partial charge in [0.25, 0.3) is 0 Å². The Bertz CT molecular complexity index is 617. The monoisotopic (exact) mass is 270 g/mol. The molecule has 1 saturated carbocycles. The molecule has 0 spiro atoms. The fraction of sp³-hybridized carbons (Fsp3) is 0.462. The van der Waals surface area contributed by atoms with E-state index in [9.17, 15) is 8.78 Å². The summed E-state index contributed by atoms with van der Waals surface area (Å²) in [7, 11) is 0. The van der Waals surface area contributed by atoms with Crippen molar-refractivity contribution in [1.29, 1.82) is 0 Å². The summed E-state index contributed by atoms with van der Waals surface area (Å²) in [5.41, 5.74) is 0.921. The smallest absolute Gasteiger partial charge is 0.153 e. The zero-order chi connectivity index (χ0) is 12.9. The van der Waals surface area contributed by atoms with Crippen LogP contribution >= 0.6 is 11.6 Å². The second kappa shape index (κ2) is 3.92. The van der Waals surface area contributed by atoms with Crippen LogP contribution in [-0.4, -0.2) is 9.55 Å². The SMILES string of the molecule is CC1(Cn2c(CCl)nc3c(F)cc(F)cc32)CC1. The maximum atomic E-state index is 13.7. The molecule has 0 bridgehead atoms. The first-order valence-electron chi connectivity index (χ1n) is 5.92. The standard InChI is InChI=1S/C13H13ClF2N2/c1-13(2-3-13)7-18-10-5-8(15)4-9(16)12(10)17-11(18)6-14/h4-5H,2-3,6-7H2,1H3. The number of halogens is 3. The molecule has 0 N–H and O–H groups in total. The zero-order valence-electron chi connectivity index (χ0n) is 10.0. The number of benzene rings is 1. The Balaban J connectivity index is 2.20. The molecule has 3 rings (SSSR count). The molecule has 2 aromatic rings. The van der Waals surface area contributed by atoms with E-state index in [1.807, 2.05) is 4.57 Å². The minimum Gasteiger partial charge on any atom is -0.326 e. The number of hydrogen-bond donors (Lipinski definition) is 0. The summed E-state index contributed by atoms with van der Waals surface area (Å²) in [5.74, 6) is -0.408. The van der Waals surface area contributed by atoms with E-state index in [1.54, 1.807) is 0 Å². The summed E-state index contributed by atoms with van der Waals surface area (Å²) < 4.78 is 28.8. The predicted molar refractivity (Wildman–Crippen MR) is 66.5 cm³/mol. The van der Waals surface area contributed by atoms with E-state index in [4.69, 9.17) is 11.6 Å². The Morgan fingerprint density at radius 3 is 2.72 bits per heavy atom. The van der Waals surface area contributed by atoms with Gasteiger partial charge in [-0.2, -0.15) is 0 Å². The maximum Gasteiger partial charge on any atom is 0.153 e. The number of rotatable bonds is 3.